The van der Waals surface area contributed by atoms with Crippen LogP contribution in [0.1, 0.15) is 32.6 Å². The van der Waals surface area contributed by atoms with E-state index in [4.69, 9.17) is 5.11 Å². The van der Waals surface area contributed by atoms with E-state index < -0.39 is 11.4 Å². The Kier molecular flexibility index (Phi) is 3.13. The van der Waals surface area contributed by atoms with Gasteiger partial charge < -0.3 is 5.11 Å². The van der Waals surface area contributed by atoms with Crippen LogP contribution < -0.4 is 0 Å². The molecule has 1 unspecified atom stereocenters. The Labute approximate surface area is 78.6 Å². The number of hydrogen-bond donors (Lipinski definition) is 1. The number of rotatable bonds is 2. The van der Waals surface area contributed by atoms with E-state index in [1.165, 1.54) is 0 Å². The summed E-state index contributed by atoms with van der Waals surface area (Å²) < 4.78 is 0. The zero-order valence-corrected chi connectivity index (χ0v) is 7.84. The standard InChI is InChI=1S/C11H14O2/c1-2-3-7-11(10(12)13)8-5-4-6-9-11/h4-5H,6-9H2,1H3,(H,12,13). The summed E-state index contributed by atoms with van der Waals surface area (Å²) in [5.41, 5.74) is -0.613. The average Bonchev–Trinajstić information content (AvgIpc) is 2.16. The quantitative estimate of drug-likeness (QED) is 0.520. The minimum Gasteiger partial charge on any atom is -0.481 e. The van der Waals surface area contributed by atoms with Gasteiger partial charge in [-0.3, -0.25) is 4.79 Å². The molecule has 1 N–H and O–H groups in total. The summed E-state index contributed by atoms with van der Waals surface area (Å²) in [5, 5.41) is 9.11. The van der Waals surface area contributed by atoms with Crippen molar-refractivity contribution < 1.29 is 9.90 Å². The summed E-state index contributed by atoms with van der Waals surface area (Å²) in [6, 6.07) is 0. The molecule has 0 spiro atoms. The van der Waals surface area contributed by atoms with E-state index in [1.54, 1.807) is 6.92 Å². The Morgan fingerprint density at radius 2 is 2.38 bits per heavy atom. The first-order valence-corrected chi connectivity index (χ1v) is 4.49. The van der Waals surface area contributed by atoms with Crippen molar-refractivity contribution in [2.75, 3.05) is 0 Å². The highest BCUT2D eigenvalue weighted by Crippen LogP contribution is 2.36. The summed E-state index contributed by atoms with van der Waals surface area (Å²) >= 11 is 0. The van der Waals surface area contributed by atoms with E-state index in [0.29, 0.717) is 19.3 Å². The molecule has 0 aromatic rings. The van der Waals surface area contributed by atoms with Crippen LogP contribution in [0.5, 0.6) is 0 Å². The van der Waals surface area contributed by atoms with Crippen LogP contribution in [0.25, 0.3) is 0 Å². The monoisotopic (exact) mass is 178 g/mol. The van der Waals surface area contributed by atoms with Crippen LogP contribution in [0.3, 0.4) is 0 Å². The Morgan fingerprint density at radius 3 is 2.85 bits per heavy atom. The predicted molar refractivity (Wildman–Crippen MR) is 51.1 cm³/mol. The van der Waals surface area contributed by atoms with Gasteiger partial charge in [0.2, 0.25) is 0 Å². The molecule has 1 aliphatic rings. The lowest BCUT2D eigenvalue weighted by atomic mass is 9.75. The smallest absolute Gasteiger partial charge is 0.310 e. The Hall–Kier alpha value is -1.23. The van der Waals surface area contributed by atoms with E-state index in [0.717, 1.165) is 6.42 Å². The molecule has 13 heavy (non-hydrogen) atoms. The van der Waals surface area contributed by atoms with Gasteiger partial charge in [-0.25, -0.2) is 0 Å². The SMILES string of the molecule is CC#CCC1(C(=O)O)CC=CCC1. The fourth-order valence-corrected chi connectivity index (χ4v) is 1.58. The first-order chi connectivity index (χ1) is 6.21. The molecule has 0 saturated carbocycles. The second-order valence-corrected chi connectivity index (χ2v) is 3.40. The molecule has 1 rings (SSSR count). The zero-order valence-electron chi connectivity index (χ0n) is 7.84. The predicted octanol–water partition coefficient (Wildman–Crippen LogP) is 2.21. The number of aliphatic carboxylic acids is 1. The molecule has 0 aromatic heterocycles. The Balaban J connectivity index is 2.78. The number of carboxylic acid groups (broad SMARTS) is 1. The molecule has 1 atom stereocenters. The second-order valence-electron chi connectivity index (χ2n) is 3.40. The van der Waals surface area contributed by atoms with Crippen LogP contribution in [0, 0.1) is 17.3 Å². The maximum atomic E-state index is 11.1. The first kappa shape index (κ1) is 9.85. The maximum absolute atomic E-state index is 11.1. The molecule has 1 aliphatic carbocycles. The molecule has 70 valence electrons. The van der Waals surface area contributed by atoms with Crippen molar-refractivity contribution in [3.63, 3.8) is 0 Å². The minimum absolute atomic E-state index is 0.475. The van der Waals surface area contributed by atoms with Gasteiger partial charge in [0.15, 0.2) is 0 Å². The second kappa shape index (κ2) is 4.13. The molecule has 2 heteroatoms. The summed E-state index contributed by atoms with van der Waals surface area (Å²) in [6.45, 7) is 1.74. The lowest BCUT2D eigenvalue weighted by molar-refractivity contribution is -0.149. The first-order valence-electron chi connectivity index (χ1n) is 4.49. The molecule has 0 amide bonds. The van der Waals surface area contributed by atoms with Crippen molar-refractivity contribution in [2.45, 2.75) is 32.6 Å². The van der Waals surface area contributed by atoms with Gasteiger partial charge >= 0.3 is 5.97 Å². The van der Waals surface area contributed by atoms with Crippen molar-refractivity contribution in [2.24, 2.45) is 5.41 Å². The molecule has 0 radical (unpaired) electrons. The summed E-state index contributed by atoms with van der Waals surface area (Å²) in [7, 11) is 0. The van der Waals surface area contributed by atoms with Gasteiger partial charge in [-0.15, -0.1) is 11.8 Å². The third kappa shape index (κ3) is 2.12. The summed E-state index contributed by atoms with van der Waals surface area (Å²) in [6.07, 6.45) is 6.67. The maximum Gasteiger partial charge on any atom is 0.310 e. The van der Waals surface area contributed by atoms with E-state index in [9.17, 15) is 4.79 Å². The molecule has 0 aromatic carbocycles. The minimum atomic E-state index is -0.709. The van der Waals surface area contributed by atoms with Crippen molar-refractivity contribution >= 4 is 5.97 Å². The third-order valence-electron chi connectivity index (χ3n) is 2.52. The fraction of sp³-hybridized carbons (Fsp3) is 0.545. The van der Waals surface area contributed by atoms with E-state index >= 15 is 0 Å². The molecule has 0 aliphatic heterocycles. The molecular formula is C11H14O2. The van der Waals surface area contributed by atoms with Gasteiger partial charge in [0.05, 0.1) is 5.41 Å². The Morgan fingerprint density at radius 1 is 1.62 bits per heavy atom. The van der Waals surface area contributed by atoms with Crippen molar-refractivity contribution in [3.05, 3.63) is 12.2 Å². The number of hydrogen-bond acceptors (Lipinski definition) is 1. The number of carbonyl (C=O) groups is 1. The lowest BCUT2D eigenvalue weighted by Gasteiger charge is -2.28. The molecule has 0 fully saturated rings. The van der Waals surface area contributed by atoms with Crippen LogP contribution in [0.15, 0.2) is 12.2 Å². The summed E-state index contributed by atoms with van der Waals surface area (Å²) in [4.78, 5) is 11.1. The highest BCUT2D eigenvalue weighted by molar-refractivity contribution is 5.75. The fourth-order valence-electron chi connectivity index (χ4n) is 1.58. The molecule has 0 saturated heterocycles. The largest absolute Gasteiger partial charge is 0.481 e. The third-order valence-corrected chi connectivity index (χ3v) is 2.52. The van der Waals surface area contributed by atoms with Gasteiger partial charge in [0.1, 0.15) is 0 Å². The highest BCUT2D eigenvalue weighted by atomic mass is 16.4. The molecular weight excluding hydrogens is 164 g/mol. The zero-order chi connectivity index (χ0) is 9.73. The van der Waals surface area contributed by atoms with Crippen LogP contribution in [0.4, 0.5) is 0 Å². The number of carboxylic acids is 1. The van der Waals surface area contributed by atoms with Gasteiger partial charge in [-0.1, -0.05) is 12.2 Å². The van der Waals surface area contributed by atoms with Crippen molar-refractivity contribution in [1.82, 2.24) is 0 Å². The van der Waals surface area contributed by atoms with Crippen LogP contribution in [-0.2, 0) is 4.79 Å². The van der Waals surface area contributed by atoms with E-state index in [-0.39, 0.29) is 0 Å². The van der Waals surface area contributed by atoms with Crippen molar-refractivity contribution in [1.29, 1.82) is 0 Å². The molecule has 0 bridgehead atoms. The summed E-state index contributed by atoms with van der Waals surface area (Å²) in [5.74, 6) is 4.92. The van der Waals surface area contributed by atoms with Crippen LogP contribution in [0.2, 0.25) is 0 Å². The van der Waals surface area contributed by atoms with Gasteiger partial charge in [-0.2, -0.15) is 0 Å². The molecule has 0 heterocycles. The van der Waals surface area contributed by atoms with Crippen LogP contribution >= 0.6 is 0 Å². The normalized spacial score (nSPS) is 26.2. The Bertz CT molecular complexity index is 280. The van der Waals surface area contributed by atoms with Gasteiger partial charge in [0.25, 0.3) is 0 Å². The van der Waals surface area contributed by atoms with Crippen LogP contribution in [-0.4, -0.2) is 11.1 Å². The lowest BCUT2D eigenvalue weighted by Crippen LogP contribution is -2.31. The van der Waals surface area contributed by atoms with Gasteiger partial charge in [-0.05, 0) is 26.2 Å². The van der Waals surface area contributed by atoms with Crippen molar-refractivity contribution in [3.8, 4) is 11.8 Å². The van der Waals surface area contributed by atoms with E-state index in [2.05, 4.69) is 11.8 Å². The topological polar surface area (TPSA) is 37.3 Å². The van der Waals surface area contributed by atoms with Gasteiger partial charge in [0, 0.05) is 6.42 Å². The number of allylic oxidation sites excluding steroid dienone is 2. The highest BCUT2D eigenvalue weighted by Gasteiger charge is 2.37. The average molecular weight is 178 g/mol. The molecule has 2 nitrogen and oxygen atoms in total. The van der Waals surface area contributed by atoms with E-state index in [1.807, 2.05) is 12.2 Å².